The lowest BCUT2D eigenvalue weighted by Gasteiger charge is -2.29. The van der Waals surface area contributed by atoms with Crippen LogP contribution < -0.4 is 15.2 Å². The number of carboxylic acids is 1. The van der Waals surface area contributed by atoms with Crippen LogP contribution in [0.25, 0.3) is 0 Å². The number of fused-ring (bicyclic) bond motifs is 1. The molecular formula is C20H25N3O4. The van der Waals surface area contributed by atoms with E-state index in [1.54, 1.807) is 14.2 Å². The van der Waals surface area contributed by atoms with Gasteiger partial charge in [0.05, 0.1) is 32.0 Å². The van der Waals surface area contributed by atoms with Gasteiger partial charge in [-0.1, -0.05) is 18.2 Å². The third-order valence-electron chi connectivity index (χ3n) is 4.04. The van der Waals surface area contributed by atoms with Gasteiger partial charge in [0, 0.05) is 13.5 Å². The second-order valence-electron chi connectivity index (χ2n) is 6.12. The molecule has 27 heavy (non-hydrogen) atoms. The molecule has 2 aromatic carbocycles. The first-order valence-corrected chi connectivity index (χ1v) is 8.43. The summed E-state index contributed by atoms with van der Waals surface area (Å²) in [5.41, 5.74) is 10.4. The fourth-order valence-corrected chi connectivity index (χ4v) is 2.80. The molecule has 0 atom stereocenters. The molecular weight excluding hydrogens is 346 g/mol. The highest BCUT2D eigenvalue weighted by Gasteiger charge is 2.21. The number of rotatable bonds is 4. The van der Waals surface area contributed by atoms with Gasteiger partial charge in [0.2, 0.25) is 0 Å². The van der Waals surface area contributed by atoms with E-state index in [0.29, 0.717) is 19.0 Å². The molecule has 0 spiro atoms. The first kappa shape index (κ1) is 20.1. The molecule has 7 nitrogen and oxygen atoms in total. The zero-order valence-corrected chi connectivity index (χ0v) is 16.0. The van der Waals surface area contributed by atoms with E-state index >= 15 is 0 Å². The minimum Gasteiger partial charge on any atom is -0.496 e. The normalized spacial score (nSPS) is 12.3. The van der Waals surface area contributed by atoms with Crippen LogP contribution in [0.4, 0.5) is 5.69 Å². The molecule has 144 valence electrons. The van der Waals surface area contributed by atoms with Crippen molar-refractivity contribution in [1.29, 1.82) is 0 Å². The molecule has 0 saturated carbocycles. The Kier molecular flexibility index (Phi) is 6.65. The van der Waals surface area contributed by atoms with Crippen molar-refractivity contribution in [2.75, 3.05) is 14.2 Å². The van der Waals surface area contributed by atoms with E-state index in [9.17, 15) is 0 Å². The van der Waals surface area contributed by atoms with Crippen LogP contribution in [-0.4, -0.2) is 36.2 Å². The lowest BCUT2D eigenvalue weighted by molar-refractivity contribution is -0.134. The third-order valence-corrected chi connectivity index (χ3v) is 4.04. The molecule has 0 amide bonds. The summed E-state index contributed by atoms with van der Waals surface area (Å²) in [6.45, 7) is 4.43. The molecule has 0 radical (unpaired) electrons. The first-order chi connectivity index (χ1) is 12.8. The molecule has 0 aromatic heterocycles. The van der Waals surface area contributed by atoms with Crippen molar-refractivity contribution in [2.24, 2.45) is 10.7 Å². The molecule has 7 heteroatoms. The van der Waals surface area contributed by atoms with E-state index in [0.717, 1.165) is 29.7 Å². The van der Waals surface area contributed by atoms with E-state index < -0.39 is 5.97 Å². The van der Waals surface area contributed by atoms with Gasteiger partial charge in [-0.25, -0.2) is 4.99 Å². The summed E-state index contributed by atoms with van der Waals surface area (Å²) >= 11 is 0. The Hall–Kier alpha value is -3.22. The summed E-state index contributed by atoms with van der Waals surface area (Å²) in [6, 6.07) is 12.0. The zero-order chi connectivity index (χ0) is 20.0. The molecule has 3 rings (SSSR count). The van der Waals surface area contributed by atoms with E-state index in [1.165, 1.54) is 11.1 Å². The molecule has 2 aromatic rings. The van der Waals surface area contributed by atoms with Gasteiger partial charge in [-0.3, -0.25) is 4.79 Å². The summed E-state index contributed by atoms with van der Waals surface area (Å²) in [7, 11) is 3.31. The molecule has 0 unspecified atom stereocenters. The highest BCUT2D eigenvalue weighted by atomic mass is 16.5. The SMILES string of the molecule is CC(=O)O.COc1cccc(OC)c1CN1Cc2ccc(C)cc2N=C1N. The molecule has 1 heterocycles. The Labute approximate surface area is 159 Å². The van der Waals surface area contributed by atoms with Crippen LogP contribution in [-0.2, 0) is 17.9 Å². The van der Waals surface area contributed by atoms with Gasteiger partial charge in [-0.05, 0) is 36.2 Å². The molecule has 0 aliphatic carbocycles. The van der Waals surface area contributed by atoms with Crippen LogP contribution in [0.1, 0.15) is 23.6 Å². The van der Waals surface area contributed by atoms with E-state index in [4.69, 9.17) is 25.1 Å². The molecule has 0 bridgehead atoms. The number of aryl methyl sites for hydroxylation is 1. The highest BCUT2D eigenvalue weighted by molar-refractivity contribution is 5.83. The fourth-order valence-electron chi connectivity index (χ4n) is 2.80. The summed E-state index contributed by atoms with van der Waals surface area (Å²) in [5, 5.41) is 7.42. The summed E-state index contributed by atoms with van der Waals surface area (Å²) in [6.07, 6.45) is 0. The van der Waals surface area contributed by atoms with Crippen LogP contribution in [0.3, 0.4) is 0 Å². The lowest BCUT2D eigenvalue weighted by atomic mass is 10.1. The largest absolute Gasteiger partial charge is 0.496 e. The van der Waals surface area contributed by atoms with Gasteiger partial charge in [0.1, 0.15) is 11.5 Å². The molecule has 1 aliphatic rings. The van der Waals surface area contributed by atoms with Crippen molar-refractivity contribution in [2.45, 2.75) is 26.9 Å². The number of aliphatic carboxylic acids is 1. The van der Waals surface area contributed by atoms with E-state index in [-0.39, 0.29) is 0 Å². The van der Waals surface area contributed by atoms with E-state index in [2.05, 4.69) is 30.1 Å². The number of hydrogen-bond donors (Lipinski definition) is 2. The van der Waals surface area contributed by atoms with Crippen molar-refractivity contribution < 1.29 is 19.4 Å². The Balaban J connectivity index is 0.000000596. The lowest BCUT2D eigenvalue weighted by Crippen LogP contribution is -2.38. The van der Waals surface area contributed by atoms with Gasteiger partial charge < -0.3 is 25.2 Å². The Morgan fingerprint density at radius 2 is 1.81 bits per heavy atom. The van der Waals surface area contributed by atoms with Crippen molar-refractivity contribution in [3.63, 3.8) is 0 Å². The zero-order valence-electron chi connectivity index (χ0n) is 16.0. The number of carboxylic acid groups (broad SMARTS) is 1. The van der Waals surface area contributed by atoms with Crippen LogP contribution >= 0.6 is 0 Å². The number of nitrogens with zero attached hydrogens (tertiary/aromatic N) is 2. The predicted molar refractivity (Wildman–Crippen MR) is 105 cm³/mol. The molecule has 1 aliphatic heterocycles. The maximum absolute atomic E-state index is 9.00. The smallest absolute Gasteiger partial charge is 0.300 e. The van der Waals surface area contributed by atoms with E-state index in [1.807, 2.05) is 23.1 Å². The number of nitrogens with two attached hydrogens (primary N) is 1. The first-order valence-electron chi connectivity index (χ1n) is 8.43. The number of aliphatic imine (C=N–C) groups is 1. The number of hydrogen-bond acceptors (Lipinski definition) is 6. The fraction of sp³-hybridized carbons (Fsp3) is 0.300. The van der Waals surface area contributed by atoms with Gasteiger partial charge in [0.25, 0.3) is 5.97 Å². The summed E-state index contributed by atoms with van der Waals surface area (Å²) in [4.78, 5) is 15.6. The van der Waals surface area contributed by atoms with Gasteiger partial charge >= 0.3 is 0 Å². The Bertz CT molecular complexity index is 823. The maximum Gasteiger partial charge on any atom is 0.300 e. The quantitative estimate of drug-likeness (QED) is 0.857. The molecule has 3 N–H and O–H groups in total. The second kappa shape index (κ2) is 8.93. The van der Waals surface area contributed by atoms with Gasteiger partial charge in [-0.2, -0.15) is 0 Å². The number of carbonyl (C=O) groups is 1. The van der Waals surface area contributed by atoms with Gasteiger partial charge in [0.15, 0.2) is 5.96 Å². The Morgan fingerprint density at radius 3 is 2.37 bits per heavy atom. The third kappa shape index (κ3) is 5.13. The molecule has 0 saturated heterocycles. The topological polar surface area (TPSA) is 97.4 Å². The minimum absolute atomic E-state index is 0.510. The number of methoxy groups -OCH3 is 2. The average molecular weight is 371 g/mol. The maximum atomic E-state index is 9.00. The van der Waals surface area contributed by atoms with Crippen molar-refractivity contribution in [1.82, 2.24) is 4.90 Å². The Morgan fingerprint density at radius 1 is 1.22 bits per heavy atom. The predicted octanol–water partition coefficient (Wildman–Crippen LogP) is 3.07. The molecule has 0 fully saturated rings. The van der Waals surface area contributed by atoms with Crippen molar-refractivity contribution >= 4 is 17.6 Å². The van der Waals surface area contributed by atoms with Crippen LogP contribution in [0.5, 0.6) is 11.5 Å². The number of guanidine groups is 1. The van der Waals surface area contributed by atoms with Crippen LogP contribution in [0.15, 0.2) is 41.4 Å². The number of ether oxygens (including phenoxy) is 2. The van der Waals surface area contributed by atoms with Crippen molar-refractivity contribution in [3.8, 4) is 11.5 Å². The van der Waals surface area contributed by atoms with Crippen LogP contribution in [0.2, 0.25) is 0 Å². The summed E-state index contributed by atoms with van der Waals surface area (Å²) < 4.78 is 10.9. The number of benzene rings is 2. The standard InChI is InChI=1S/C18H21N3O2.C2H4O2/c1-12-7-8-13-10-21(18(19)20-15(13)9-12)11-14-16(22-2)5-4-6-17(14)23-3;1-2(3)4/h4-9H,10-11H2,1-3H3,(H2,19,20);1H3,(H,3,4). The highest BCUT2D eigenvalue weighted by Crippen LogP contribution is 2.32. The monoisotopic (exact) mass is 371 g/mol. The van der Waals surface area contributed by atoms with Gasteiger partial charge in [-0.15, -0.1) is 0 Å². The average Bonchev–Trinajstić information content (AvgIpc) is 2.62. The van der Waals surface area contributed by atoms with Crippen LogP contribution in [0, 0.1) is 6.92 Å². The minimum atomic E-state index is -0.833. The second-order valence-corrected chi connectivity index (χ2v) is 6.12. The van der Waals surface area contributed by atoms with Crippen molar-refractivity contribution in [3.05, 3.63) is 53.1 Å². The summed E-state index contributed by atoms with van der Waals surface area (Å²) in [5.74, 6) is 1.25.